The van der Waals surface area contributed by atoms with Crippen LogP contribution in [0.15, 0.2) is 12.1 Å². The number of pyridine rings is 1. The van der Waals surface area contributed by atoms with Crippen molar-refractivity contribution in [2.75, 3.05) is 11.1 Å². The average Bonchev–Trinajstić information content (AvgIpc) is 2.54. The molecular formula is C12H18N4O3. The highest BCUT2D eigenvalue weighted by Crippen LogP contribution is 2.24. The van der Waals surface area contributed by atoms with Gasteiger partial charge in [-0.25, -0.2) is 4.98 Å². The molecule has 2 unspecified atom stereocenters. The molecule has 7 nitrogen and oxygen atoms in total. The number of nitrogens with zero attached hydrogens (tertiary/aromatic N) is 2. The van der Waals surface area contributed by atoms with Crippen LogP contribution in [0, 0.1) is 10.1 Å². The second-order valence-corrected chi connectivity index (χ2v) is 4.85. The number of nitrogens with one attached hydrogen (secondary N) is 1. The maximum atomic E-state index is 10.8. The summed E-state index contributed by atoms with van der Waals surface area (Å²) in [5, 5.41) is 23.8. The molecule has 0 amide bonds. The zero-order valence-corrected chi connectivity index (χ0v) is 10.6. The van der Waals surface area contributed by atoms with Crippen LogP contribution >= 0.6 is 0 Å². The smallest absolute Gasteiger partial charge is 0.276 e. The molecule has 1 aliphatic carbocycles. The van der Waals surface area contributed by atoms with Gasteiger partial charge in [-0.1, -0.05) is 19.3 Å². The van der Waals surface area contributed by atoms with E-state index in [1.807, 2.05) is 0 Å². The average molecular weight is 266 g/mol. The predicted molar refractivity (Wildman–Crippen MR) is 71.8 cm³/mol. The Kier molecular flexibility index (Phi) is 4.16. The van der Waals surface area contributed by atoms with E-state index in [1.54, 1.807) is 0 Å². The highest BCUT2D eigenvalue weighted by atomic mass is 16.6. The third-order valence-electron chi connectivity index (χ3n) is 3.35. The molecule has 19 heavy (non-hydrogen) atoms. The zero-order chi connectivity index (χ0) is 13.8. The summed E-state index contributed by atoms with van der Waals surface area (Å²) in [6.07, 6.45) is 4.24. The minimum Gasteiger partial charge on any atom is -0.391 e. The maximum absolute atomic E-state index is 10.8. The fraction of sp³-hybridized carbons (Fsp3) is 0.583. The van der Waals surface area contributed by atoms with E-state index >= 15 is 0 Å². The number of nitro groups is 1. The molecule has 2 rings (SSSR count). The zero-order valence-electron chi connectivity index (χ0n) is 10.6. The van der Waals surface area contributed by atoms with Gasteiger partial charge in [-0.05, 0) is 12.8 Å². The minimum absolute atomic E-state index is 0.0970. The van der Waals surface area contributed by atoms with E-state index in [9.17, 15) is 15.2 Å². The number of aromatic nitrogens is 1. The van der Waals surface area contributed by atoms with Crippen LogP contribution in [-0.2, 0) is 0 Å². The van der Waals surface area contributed by atoms with Crippen LogP contribution in [0.3, 0.4) is 0 Å². The predicted octanol–water partition coefficient (Wildman–Crippen LogP) is 1.68. The molecule has 1 saturated carbocycles. The molecule has 0 aliphatic heterocycles. The van der Waals surface area contributed by atoms with E-state index in [1.165, 1.54) is 12.1 Å². The van der Waals surface area contributed by atoms with Gasteiger partial charge >= 0.3 is 0 Å². The van der Waals surface area contributed by atoms with Crippen molar-refractivity contribution in [3.05, 3.63) is 22.2 Å². The van der Waals surface area contributed by atoms with Gasteiger partial charge < -0.3 is 16.2 Å². The quantitative estimate of drug-likeness (QED) is 0.435. The fourth-order valence-electron chi connectivity index (χ4n) is 2.36. The third kappa shape index (κ3) is 3.54. The summed E-state index contributed by atoms with van der Waals surface area (Å²) < 4.78 is 0. The lowest BCUT2D eigenvalue weighted by atomic mass is 10.1. The molecule has 4 N–H and O–H groups in total. The van der Waals surface area contributed by atoms with Gasteiger partial charge in [-0.2, -0.15) is 0 Å². The molecule has 1 aliphatic rings. The third-order valence-corrected chi connectivity index (χ3v) is 3.35. The number of rotatable bonds is 3. The van der Waals surface area contributed by atoms with Gasteiger partial charge in [-0.3, -0.25) is 10.1 Å². The first-order chi connectivity index (χ1) is 9.06. The molecule has 7 heteroatoms. The topological polar surface area (TPSA) is 114 Å². The molecule has 0 spiro atoms. The first-order valence-electron chi connectivity index (χ1n) is 6.43. The summed E-state index contributed by atoms with van der Waals surface area (Å²) in [5.41, 5.74) is 5.45. The van der Waals surface area contributed by atoms with Crippen LogP contribution in [0.2, 0.25) is 0 Å². The van der Waals surface area contributed by atoms with Crippen molar-refractivity contribution in [1.29, 1.82) is 0 Å². The van der Waals surface area contributed by atoms with E-state index in [0.29, 0.717) is 5.82 Å². The van der Waals surface area contributed by atoms with Crippen molar-refractivity contribution < 1.29 is 10.0 Å². The second-order valence-electron chi connectivity index (χ2n) is 4.85. The van der Waals surface area contributed by atoms with Gasteiger partial charge in [0.15, 0.2) is 0 Å². The highest BCUT2D eigenvalue weighted by Gasteiger charge is 2.22. The van der Waals surface area contributed by atoms with E-state index in [4.69, 9.17) is 5.73 Å². The van der Waals surface area contributed by atoms with Crippen molar-refractivity contribution >= 4 is 17.3 Å². The molecule has 0 radical (unpaired) electrons. The van der Waals surface area contributed by atoms with E-state index in [2.05, 4.69) is 10.3 Å². The van der Waals surface area contributed by atoms with E-state index < -0.39 is 11.0 Å². The van der Waals surface area contributed by atoms with Crippen LogP contribution in [0.1, 0.15) is 32.1 Å². The molecule has 2 atom stereocenters. The van der Waals surface area contributed by atoms with Gasteiger partial charge in [0.25, 0.3) is 5.69 Å². The minimum atomic E-state index is -0.507. The summed E-state index contributed by atoms with van der Waals surface area (Å²) in [7, 11) is 0. The van der Waals surface area contributed by atoms with Crippen LogP contribution in [0.4, 0.5) is 17.3 Å². The normalized spacial score (nSPS) is 23.6. The lowest BCUT2D eigenvalue weighted by Gasteiger charge is -2.22. The lowest BCUT2D eigenvalue weighted by molar-refractivity contribution is -0.384. The molecule has 1 aromatic rings. The Morgan fingerprint density at radius 1 is 1.37 bits per heavy atom. The first-order valence-corrected chi connectivity index (χ1v) is 6.43. The van der Waals surface area contributed by atoms with Gasteiger partial charge in [0.2, 0.25) is 0 Å². The highest BCUT2D eigenvalue weighted by molar-refractivity contribution is 5.53. The molecule has 0 saturated heterocycles. The largest absolute Gasteiger partial charge is 0.391 e. The number of nitrogens with two attached hydrogens (primary N) is 1. The van der Waals surface area contributed by atoms with Crippen LogP contribution in [0.5, 0.6) is 0 Å². The lowest BCUT2D eigenvalue weighted by Crippen LogP contribution is -2.32. The van der Waals surface area contributed by atoms with Gasteiger partial charge in [0.05, 0.1) is 29.2 Å². The number of hydrogen-bond donors (Lipinski definition) is 3. The number of nitrogen functional groups attached to an aromatic ring is 1. The van der Waals surface area contributed by atoms with Gasteiger partial charge in [-0.15, -0.1) is 0 Å². The summed E-state index contributed by atoms with van der Waals surface area (Å²) in [4.78, 5) is 14.3. The number of aliphatic hydroxyl groups excluding tert-OH is 1. The van der Waals surface area contributed by atoms with Gasteiger partial charge in [0.1, 0.15) is 11.6 Å². The van der Waals surface area contributed by atoms with Crippen molar-refractivity contribution in [2.24, 2.45) is 0 Å². The Labute approximate surface area is 111 Å². The maximum Gasteiger partial charge on any atom is 0.276 e. The van der Waals surface area contributed by atoms with Crippen LogP contribution in [0.25, 0.3) is 0 Å². The van der Waals surface area contributed by atoms with Gasteiger partial charge in [0, 0.05) is 0 Å². The fourth-order valence-corrected chi connectivity index (χ4v) is 2.36. The summed E-state index contributed by atoms with van der Waals surface area (Å²) >= 11 is 0. The van der Waals surface area contributed by atoms with E-state index in [-0.39, 0.29) is 17.5 Å². The van der Waals surface area contributed by atoms with Crippen LogP contribution < -0.4 is 11.1 Å². The molecule has 1 fully saturated rings. The SMILES string of the molecule is Nc1cc([N+](=O)[O-])cc(NC2CCCCCC2O)n1. The summed E-state index contributed by atoms with van der Waals surface area (Å²) in [5.74, 6) is 0.442. The Morgan fingerprint density at radius 2 is 2.11 bits per heavy atom. The molecular weight excluding hydrogens is 248 g/mol. The summed E-state index contributed by atoms with van der Waals surface area (Å²) in [6.45, 7) is 0. The van der Waals surface area contributed by atoms with E-state index in [0.717, 1.165) is 32.1 Å². The first kappa shape index (κ1) is 13.5. The Morgan fingerprint density at radius 3 is 2.84 bits per heavy atom. The van der Waals surface area contributed by atoms with Crippen molar-refractivity contribution in [2.45, 2.75) is 44.2 Å². The Hall–Kier alpha value is -1.89. The molecule has 0 bridgehead atoms. The van der Waals surface area contributed by atoms with Crippen molar-refractivity contribution in [3.63, 3.8) is 0 Å². The Balaban J connectivity index is 2.15. The molecule has 1 aromatic heterocycles. The number of anilines is 2. The molecule has 1 heterocycles. The molecule has 104 valence electrons. The summed E-state index contributed by atoms with van der Waals surface area (Å²) in [6, 6.07) is 2.43. The molecule has 0 aromatic carbocycles. The monoisotopic (exact) mass is 266 g/mol. The van der Waals surface area contributed by atoms with Crippen molar-refractivity contribution in [1.82, 2.24) is 4.98 Å². The van der Waals surface area contributed by atoms with Crippen molar-refractivity contribution in [3.8, 4) is 0 Å². The number of aliphatic hydroxyl groups is 1. The van der Waals surface area contributed by atoms with Crippen LogP contribution in [-0.4, -0.2) is 27.2 Å². The standard InChI is InChI=1S/C12H18N4O3/c13-11-6-8(16(18)19)7-12(15-11)14-9-4-2-1-3-5-10(9)17/h6-7,9-10,17H,1-5H2,(H3,13,14,15). The number of hydrogen-bond acceptors (Lipinski definition) is 6. The Bertz CT molecular complexity index is 466. The second kappa shape index (κ2) is 5.83.